The third-order valence-electron chi connectivity index (χ3n) is 4.80. The number of nitro groups is 1. The van der Waals surface area contributed by atoms with Crippen LogP contribution in [0.3, 0.4) is 0 Å². The van der Waals surface area contributed by atoms with Gasteiger partial charge in [0.2, 0.25) is 0 Å². The third kappa shape index (κ3) is 5.75. The van der Waals surface area contributed by atoms with Crippen molar-refractivity contribution in [2.24, 2.45) is 0 Å². The number of amides is 1. The van der Waals surface area contributed by atoms with Gasteiger partial charge in [-0.25, -0.2) is 13.2 Å². The van der Waals surface area contributed by atoms with Crippen LogP contribution in [0.4, 0.5) is 17.1 Å². The number of anilines is 2. The number of sulfonamides is 1. The maximum Gasteiger partial charge on any atom is 0.338 e. The molecule has 176 valence electrons. The van der Waals surface area contributed by atoms with Gasteiger partial charge in [-0.05, 0) is 43.3 Å². The number of hydrogen-bond acceptors (Lipinski definition) is 7. The van der Waals surface area contributed by atoms with Crippen LogP contribution in [-0.4, -0.2) is 38.9 Å². The Bertz CT molecular complexity index is 1340. The molecule has 0 bridgehead atoms. The summed E-state index contributed by atoms with van der Waals surface area (Å²) >= 11 is 0. The van der Waals surface area contributed by atoms with E-state index in [1.165, 1.54) is 55.6 Å². The lowest BCUT2D eigenvalue weighted by Crippen LogP contribution is -2.27. The van der Waals surface area contributed by atoms with Gasteiger partial charge in [-0.3, -0.25) is 19.2 Å². The van der Waals surface area contributed by atoms with Gasteiger partial charge in [0.1, 0.15) is 0 Å². The number of carbonyl (C=O) groups excluding carboxylic acids is 2. The molecule has 0 aliphatic carbocycles. The van der Waals surface area contributed by atoms with E-state index in [1.54, 1.807) is 24.3 Å². The van der Waals surface area contributed by atoms with Crippen molar-refractivity contribution in [3.8, 4) is 0 Å². The Balaban J connectivity index is 1.67. The Morgan fingerprint density at radius 2 is 1.71 bits per heavy atom. The molecule has 0 radical (unpaired) electrons. The molecule has 0 aliphatic rings. The number of benzene rings is 3. The molecule has 1 amide bonds. The summed E-state index contributed by atoms with van der Waals surface area (Å²) in [4.78, 5) is 34.6. The number of ether oxygens (including phenoxy) is 1. The molecule has 0 saturated heterocycles. The van der Waals surface area contributed by atoms with E-state index in [4.69, 9.17) is 4.74 Å². The van der Waals surface area contributed by atoms with E-state index in [1.807, 2.05) is 6.92 Å². The largest absolute Gasteiger partial charge is 0.452 e. The minimum Gasteiger partial charge on any atom is -0.452 e. The summed E-state index contributed by atoms with van der Waals surface area (Å²) < 4.78 is 32.1. The number of aryl methyl sites for hydroxylation is 1. The van der Waals surface area contributed by atoms with Crippen molar-refractivity contribution in [3.63, 3.8) is 0 Å². The Hall–Kier alpha value is -4.25. The smallest absolute Gasteiger partial charge is 0.338 e. The first kappa shape index (κ1) is 24.4. The van der Waals surface area contributed by atoms with Crippen molar-refractivity contribution in [2.45, 2.75) is 11.8 Å². The molecule has 0 fully saturated rings. The second-order valence-corrected chi connectivity index (χ2v) is 9.24. The first-order chi connectivity index (χ1) is 16.1. The van der Waals surface area contributed by atoms with Gasteiger partial charge in [-0.15, -0.1) is 0 Å². The molecule has 3 rings (SSSR count). The number of nitrogens with one attached hydrogen (secondary N) is 1. The maximum atomic E-state index is 13.0. The zero-order chi connectivity index (χ0) is 24.9. The molecule has 0 saturated carbocycles. The fourth-order valence-corrected chi connectivity index (χ4v) is 4.19. The van der Waals surface area contributed by atoms with E-state index < -0.39 is 33.4 Å². The Morgan fingerprint density at radius 3 is 2.38 bits per heavy atom. The molecule has 0 heterocycles. The van der Waals surface area contributed by atoms with Crippen molar-refractivity contribution in [3.05, 3.63) is 94.0 Å². The molecule has 3 aromatic carbocycles. The summed E-state index contributed by atoms with van der Waals surface area (Å²) in [7, 11) is -2.55. The van der Waals surface area contributed by atoms with Gasteiger partial charge in [0.05, 0.1) is 21.1 Å². The SMILES string of the molecule is Cc1ccc(N(C)S(=O)(=O)c2cccc(C(=O)OCC(=O)Nc3cccc([N+](=O)[O-])c3)c2)cc1. The van der Waals surface area contributed by atoms with E-state index in [9.17, 15) is 28.1 Å². The third-order valence-corrected chi connectivity index (χ3v) is 6.58. The van der Waals surface area contributed by atoms with Gasteiger partial charge in [-0.2, -0.15) is 0 Å². The topological polar surface area (TPSA) is 136 Å². The van der Waals surface area contributed by atoms with Gasteiger partial charge >= 0.3 is 5.97 Å². The van der Waals surface area contributed by atoms with Gasteiger partial charge in [-0.1, -0.05) is 29.8 Å². The highest BCUT2D eigenvalue weighted by atomic mass is 32.2. The summed E-state index contributed by atoms with van der Waals surface area (Å²) in [6.07, 6.45) is 0. The number of nitrogens with zero attached hydrogens (tertiary/aromatic N) is 2. The minimum absolute atomic E-state index is 0.0541. The highest BCUT2D eigenvalue weighted by molar-refractivity contribution is 7.92. The first-order valence-electron chi connectivity index (χ1n) is 9.95. The van der Waals surface area contributed by atoms with Crippen LogP contribution in [0.5, 0.6) is 0 Å². The van der Waals surface area contributed by atoms with Crippen molar-refractivity contribution >= 4 is 39.0 Å². The lowest BCUT2D eigenvalue weighted by Gasteiger charge is -2.20. The number of non-ortho nitro benzene ring substituents is 1. The Morgan fingerprint density at radius 1 is 1.03 bits per heavy atom. The summed E-state index contributed by atoms with van der Waals surface area (Å²) in [5.74, 6) is -1.61. The van der Waals surface area contributed by atoms with E-state index >= 15 is 0 Å². The van der Waals surface area contributed by atoms with Crippen molar-refractivity contribution < 1.29 is 27.7 Å². The predicted octanol–water partition coefficient (Wildman–Crippen LogP) is 3.52. The van der Waals surface area contributed by atoms with E-state index in [2.05, 4.69) is 5.32 Å². The van der Waals surface area contributed by atoms with Gasteiger partial charge in [0.25, 0.3) is 21.6 Å². The molecule has 0 aliphatic heterocycles. The molecule has 10 nitrogen and oxygen atoms in total. The minimum atomic E-state index is -3.95. The summed E-state index contributed by atoms with van der Waals surface area (Å²) in [6, 6.07) is 17.5. The van der Waals surface area contributed by atoms with Crippen LogP contribution < -0.4 is 9.62 Å². The average molecular weight is 484 g/mol. The standard InChI is InChI=1S/C23H21N3O7S/c1-16-9-11-19(12-10-16)25(2)34(31,32)21-8-3-5-17(13-21)23(28)33-15-22(27)24-18-6-4-7-20(14-18)26(29)30/h3-14H,15H2,1-2H3,(H,24,27). The van der Waals surface area contributed by atoms with Crippen LogP contribution in [0.25, 0.3) is 0 Å². The quantitative estimate of drug-likeness (QED) is 0.294. The first-order valence-corrected chi connectivity index (χ1v) is 11.4. The number of hydrogen-bond donors (Lipinski definition) is 1. The summed E-state index contributed by atoms with van der Waals surface area (Å²) in [5, 5.41) is 13.2. The van der Waals surface area contributed by atoms with Crippen LogP contribution in [0.2, 0.25) is 0 Å². The predicted molar refractivity (Wildman–Crippen MR) is 125 cm³/mol. The molecule has 0 aromatic heterocycles. The second kappa shape index (κ2) is 10.1. The molecule has 11 heteroatoms. The molecule has 0 atom stereocenters. The van der Waals surface area contributed by atoms with Crippen molar-refractivity contribution in [1.82, 2.24) is 0 Å². The fraction of sp³-hybridized carbons (Fsp3) is 0.130. The van der Waals surface area contributed by atoms with Gasteiger partial charge in [0.15, 0.2) is 6.61 Å². The molecule has 1 N–H and O–H groups in total. The molecular formula is C23H21N3O7S. The molecule has 34 heavy (non-hydrogen) atoms. The average Bonchev–Trinajstić information content (AvgIpc) is 2.82. The maximum absolute atomic E-state index is 13.0. The lowest BCUT2D eigenvalue weighted by molar-refractivity contribution is -0.384. The fourth-order valence-electron chi connectivity index (χ4n) is 2.94. The van der Waals surface area contributed by atoms with Crippen molar-refractivity contribution in [2.75, 3.05) is 23.3 Å². The summed E-state index contributed by atoms with van der Waals surface area (Å²) in [6.45, 7) is 1.22. The van der Waals surface area contributed by atoms with E-state index in [0.717, 1.165) is 9.87 Å². The number of carbonyl (C=O) groups is 2. The molecular weight excluding hydrogens is 462 g/mol. The van der Waals surface area contributed by atoms with Crippen molar-refractivity contribution in [1.29, 1.82) is 0 Å². The number of nitro benzene ring substituents is 1. The monoisotopic (exact) mass is 483 g/mol. The normalized spacial score (nSPS) is 10.9. The van der Waals surface area contributed by atoms with E-state index in [-0.39, 0.29) is 21.8 Å². The highest BCUT2D eigenvalue weighted by Crippen LogP contribution is 2.23. The Labute approximate surface area is 196 Å². The van der Waals surface area contributed by atoms with Crippen LogP contribution in [0, 0.1) is 17.0 Å². The molecule has 3 aromatic rings. The zero-order valence-electron chi connectivity index (χ0n) is 18.3. The van der Waals surface area contributed by atoms with E-state index in [0.29, 0.717) is 5.69 Å². The molecule has 0 spiro atoms. The lowest BCUT2D eigenvalue weighted by atomic mass is 10.2. The second-order valence-electron chi connectivity index (χ2n) is 7.27. The van der Waals surface area contributed by atoms with Crippen LogP contribution in [0.15, 0.2) is 77.7 Å². The zero-order valence-corrected chi connectivity index (χ0v) is 19.1. The van der Waals surface area contributed by atoms with Crippen LogP contribution in [-0.2, 0) is 19.6 Å². The Kier molecular flexibility index (Phi) is 7.27. The molecule has 0 unspecified atom stereocenters. The van der Waals surface area contributed by atoms with Gasteiger partial charge < -0.3 is 10.1 Å². The summed E-state index contributed by atoms with van der Waals surface area (Å²) in [5.41, 5.74) is 1.35. The van der Waals surface area contributed by atoms with Crippen LogP contribution >= 0.6 is 0 Å². The highest BCUT2D eigenvalue weighted by Gasteiger charge is 2.23. The number of rotatable bonds is 8. The van der Waals surface area contributed by atoms with Crippen LogP contribution in [0.1, 0.15) is 15.9 Å². The van der Waals surface area contributed by atoms with Gasteiger partial charge in [0, 0.05) is 24.9 Å². The number of esters is 1.